The van der Waals surface area contributed by atoms with Crippen LogP contribution >= 0.6 is 0 Å². The van der Waals surface area contributed by atoms with Gasteiger partial charge in [0.15, 0.2) is 6.10 Å². The molecule has 0 N–H and O–H groups in total. The Labute approximate surface area is 120 Å². The van der Waals surface area contributed by atoms with Crippen molar-refractivity contribution in [3.05, 3.63) is 52.7 Å². The molecule has 2 rings (SSSR count). The van der Waals surface area contributed by atoms with Gasteiger partial charge in [0.1, 0.15) is 17.1 Å². The summed E-state index contributed by atoms with van der Waals surface area (Å²) in [5.74, 6) is -1.19. The van der Waals surface area contributed by atoms with Crippen molar-refractivity contribution in [2.45, 2.75) is 26.9 Å². The summed E-state index contributed by atoms with van der Waals surface area (Å²) in [5.41, 5.74) is 0.892. The summed E-state index contributed by atoms with van der Waals surface area (Å²) in [6, 6.07) is 5.04. The molecule has 0 aliphatic carbocycles. The molecular weight excluding hydrogens is 277 g/mol. The number of nitrogens with zero attached hydrogens (tertiary/aromatic N) is 1. The van der Waals surface area contributed by atoms with Gasteiger partial charge in [-0.3, -0.25) is 4.79 Å². The van der Waals surface area contributed by atoms with Gasteiger partial charge in [-0.1, -0.05) is 5.16 Å². The largest absolute Gasteiger partial charge is 0.451 e. The lowest BCUT2D eigenvalue weighted by molar-refractivity contribution is 0.0316. The van der Waals surface area contributed by atoms with Crippen LogP contribution in [0.3, 0.4) is 0 Å². The number of halogens is 1. The fourth-order valence-electron chi connectivity index (χ4n) is 1.90. The van der Waals surface area contributed by atoms with Gasteiger partial charge in [-0.15, -0.1) is 0 Å². The number of Topliss-reactive ketones (excluding diaryl/α,β-unsaturated/α-hetero) is 1. The topological polar surface area (TPSA) is 69.4 Å². The van der Waals surface area contributed by atoms with Gasteiger partial charge in [0.25, 0.3) is 0 Å². The van der Waals surface area contributed by atoms with Gasteiger partial charge in [-0.05, 0) is 45.0 Å². The second-order valence-electron chi connectivity index (χ2n) is 4.62. The molecule has 21 heavy (non-hydrogen) atoms. The smallest absolute Gasteiger partial charge is 0.344 e. The molecular formula is C15H14FNO4. The Hall–Kier alpha value is -2.50. The van der Waals surface area contributed by atoms with Crippen LogP contribution < -0.4 is 0 Å². The van der Waals surface area contributed by atoms with Crippen molar-refractivity contribution in [1.29, 1.82) is 0 Å². The molecule has 0 aliphatic rings. The van der Waals surface area contributed by atoms with Crippen molar-refractivity contribution in [1.82, 2.24) is 5.16 Å². The van der Waals surface area contributed by atoms with Crippen LogP contribution in [0.4, 0.5) is 4.39 Å². The number of benzene rings is 1. The van der Waals surface area contributed by atoms with E-state index in [4.69, 9.17) is 9.26 Å². The predicted molar refractivity (Wildman–Crippen MR) is 71.6 cm³/mol. The quantitative estimate of drug-likeness (QED) is 0.640. The molecule has 0 unspecified atom stereocenters. The molecule has 1 atom stereocenters. The average Bonchev–Trinajstić information content (AvgIpc) is 2.78. The molecule has 0 spiro atoms. The first-order valence-corrected chi connectivity index (χ1v) is 6.33. The SMILES string of the molecule is Cc1noc(C)c1C(=O)O[C@H](C)C(=O)c1ccc(F)cc1. The van der Waals surface area contributed by atoms with E-state index in [0.29, 0.717) is 11.5 Å². The van der Waals surface area contributed by atoms with Crippen LogP contribution in [0.2, 0.25) is 0 Å². The number of hydrogen-bond donors (Lipinski definition) is 0. The lowest BCUT2D eigenvalue weighted by Crippen LogP contribution is -2.25. The minimum absolute atomic E-state index is 0.216. The third kappa shape index (κ3) is 3.16. The van der Waals surface area contributed by atoms with Gasteiger partial charge in [-0.2, -0.15) is 0 Å². The van der Waals surface area contributed by atoms with E-state index in [1.165, 1.54) is 31.2 Å². The van der Waals surface area contributed by atoms with E-state index in [2.05, 4.69) is 5.16 Å². The second-order valence-corrected chi connectivity index (χ2v) is 4.62. The molecule has 0 fully saturated rings. The van der Waals surface area contributed by atoms with Crippen LogP contribution in [0.1, 0.15) is 39.1 Å². The van der Waals surface area contributed by atoms with Gasteiger partial charge in [0.2, 0.25) is 5.78 Å². The Morgan fingerprint density at radius 1 is 1.24 bits per heavy atom. The zero-order valence-electron chi connectivity index (χ0n) is 11.8. The molecule has 0 amide bonds. The highest BCUT2D eigenvalue weighted by molar-refractivity contribution is 6.01. The first-order valence-electron chi connectivity index (χ1n) is 6.33. The Bertz CT molecular complexity index is 656. The van der Waals surface area contributed by atoms with Crippen LogP contribution in [-0.2, 0) is 4.74 Å². The lowest BCUT2D eigenvalue weighted by Gasteiger charge is -2.12. The Kier molecular flexibility index (Phi) is 4.16. The number of aryl methyl sites for hydroxylation is 2. The van der Waals surface area contributed by atoms with Crippen LogP contribution in [-0.4, -0.2) is 23.0 Å². The van der Waals surface area contributed by atoms with Crippen molar-refractivity contribution in [2.75, 3.05) is 0 Å². The first kappa shape index (κ1) is 14.9. The summed E-state index contributed by atoms with van der Waals surface area (Å²) in [7, 11) is 0. The maximum Gasteiger partial charge on any atom is 0.344 e. The number of esters is 1. The zero-order valence-corrected chi connectivity index (χ0v) is 11.8. The molecule has 110 valence electrons. The normalized spacial score (nSPS) is 12.0. The minimum atomic E-state index is -0.989. The second kappa shape index (κ2) is 5.87. The number of ether oxygens (including phenoxy) is 1. The summed E-state index contributed by atoms with van der Waals surface area (Å²) >= 11 is 0. The predicted octanol–water partition coefficient (Wildman–Crippen LogP) is 2.86. The van der Waals surface area contributed by atoms with Gasteiger partial charge >= 0.3 is 5.97 Å². The molecule has 2 aromatic rings. The minimum Gasteiger partial charge on any atom is -0.451 e. The molecule has 1 heterocycles. The first-order chi connectivity index (χ1) is 9.90. The molecule has 5 nitrogen and oxygen atoms in total. The standard InChI is InChI=1S/C15H14FNO4/c1-8-13(9(2)21-17-8)15(19)20-10(3)14(18)11-4-6-12(16)7-5-11/h4-7,10H,1-3H3/t10-/m1/s1. The van der Waals surface area contributed by atoms with Crippen LogP contribution in [0, 0.1) is 19.7 Å². The van der Waals surface area contributed by atoms with Gasteiger partial charge in [0, 0.05) is 5.56 Å². The summed E-state index contributed by atoms with van der Waals surface area (Å²) in [5, 5.41) is 3.65. The van der Waals surface area contributed by atoms with Crippen LogP contribution in [0.5, 0.6) is 0 Å². The summed E-state index contributed by atoms with van der Waals surface area (Å²) < 4.78 is 22.8. The number of ketones is 1. The van der Waals surface area contributed by atoms with E-state index in [9.17, 15) is 14.0 Å². The molecule has 0 saturated heterocycles. The van der Waals surface area contributed by atoms with Gasteiger partial charge in [-0.25, -0.2) is 9.18 Å². The molecule has 0 bridgehead atoms. The maximum atomic E-state index is 12.8. The zero-order chi connectivity index (χ0) is 15.6. The van der Waals surface area contributed by atoms with Crippen LogP contribution in [0.15, 0.2) is 28.8 Å². The number of hydrogen-bond acceptors (Lipinski definition) is 5. The molecule has 0 aliphatic heterocycles. The summed E-state index contributed by atoms with van der Waals surface area (Å²) in [6.07, 6.45) is -0.989. The van der Waals surface area contributed by atoms with Crippen LogP contribution in [0.25, 0.3) is 0 Å². The van der Waals surface area contributed by atoms with E-state index in [-0.39, 0.29) is 11.1 Å². The van der Waals surface area contributed by atoms with Gasteiger partial charge in [0.05, 0.1) is 5.69 Å². The number of rotatable bonds is 4. The number of aromatic nitrogens is 1. The van der Waals surface area contributed by atoms with Crippen molar-refractivity contribution in [3.8, 4) is 0 Å². The Balaban J connectivity index is 2.11. The molecule has 0 radical (unpaired) electrons. The highest BCUT2D eigenvalue weighted by Gasteiger charge is 2.24. The highest BCUT2D eigenvalue weighted by atomic mass is 19.1. The average molecular weight is 291 g/mol. The van der Waals surface area contributed by atoms with E-state index < -0.39 is 23.7 Å². The Morgan fingerprint density at radius 2 is 1.86 bits per heavy atom. The van der Waals surface area contributed by atoms with E-state index >= 15 is 0 Å². The number of carbonyl (C=O) groups excluding carboxylic acids is 2. The monoisotopic (exact) mass is 291 g/mol. The lowest BCUT2D eigenvalue weighted by atomic mass is 10.1. The molecule has 0 saturated carbocycles. The van der Waals surface area contributed by atoms with Gasteiger partial charge < -0.3 is 9.26 Å². The molecule has 6 heteroatoms. The van der Waals surface area contributed by atoms with E-state index in [1.54, 1.807) is 13.8 Å². The van der Waals surface area contributed by atoms with E-state index in [1.807, 2.05) is 0 Å². The molecule has 1 aromatic carbocycles. The van der Waals surface area contributed by atoms with Crippen molar-refractivity contribution in [2.24, 2.45) is 0 Å². The third-order valence-electron chi connectivity index (χ3n) is 3.02. The number of carbonyl (C=O) groups is 2. The highest BCUT2D eigenvalue weighted by Crippen LogP contribution is 2.16. The van der Waals surface area contributed by atoms with Crippen molar-refractivity contribution >= 4 is 11.8 Å². The molecule has 1 aromatic heterocycles. The summed E-state index contributed by atoms with van der Waals surface area (Å²) in [4.78, 5) is 24.1. The third-order valence-corrected chi connectivity index (χ3v) is 3.02. The maximum absolute atomic E-state index is 12.8. The van der Waals surface area contributed by atoms with E-state index in [0.717, 1.165) is 0 Å². The van der Waals surface area contributed by atoms with Crippen molar-refractivity contribution < 1.29 is 23.2 Å². The van der Waals surface area contributed by atoms with Crippen molar-refractivity contribution in [3.63, 3.8) is 0 Å². The summed E-state index contributed by atoms with van der Waals surface area (Å²) in [6.45, 7) is 4.66. The fraction of sp³-hybridized carbons (Fsp3) is 0.267. The fourth-order valence-corrected chi connectivity index (χ4v) is 1.90. The Morgan fingerprint density at radius 3 is 2.38 bits per heavy atom.